The number of phenolic OH excluding ortho intramolecular Hbond substituents is 1. The minimum atomic E-state index is -3.00. The molecule has 0 aliphatic heterocycles. The van der Waals surface area contributed by atoms with Crippen molar-refractivity contribution in [1.29, 1.82) is 0 Å². The van der Waals surface area contributed by atoms with Gasteiger partial charge in [0.05, 0.1) is 34.9 Å². The Bertz CT molecular complexity index is 1440. The molecule has 1 fully saturated rings. The number of amides is 2. The lowest BCUT2D eigenvalue weighted by atomic mass is 9.54. The zero-order valence-corrected chi connectivity index (χ0v) is 23.9. The molecule has 4 rings (SSSR count). The Morgan fingerprint density at radius 1 is 1.07 bits per heavy atom. The summed E-state index contributed by atoms with van der Waals surface area (Å²) in [7, 11) is 6.29. The lowest BCUT2D eigenvalue weighted by Gasteiger charge is -2.53. The number of aliphatic hydroxyl groups is 4. The number of primary amides is 1. The average molecular weight is 573 g/mol. The molecule has 8 N–H and O–H groups in total. The highest BCUT2D eigenvalue weighted by Gasteiger charge is 2.68. The predicted octanol–water partition coefficient (Wildman–Crippen LogP) is -0.225. The molecule has 41 heavy (non-hydrogen) atoms. The first-order valence-electron chi connectivity index (χ1n) is 13.0. The Hall–Kier alpha value is -3.78. The molecule has 1 saturated carbocycles. The van der Waals surface area contributed by atoms with Gasteiger partial charge in [-0.1, -0.05) is 13.0 Å². The maximum atomic E-state index is 14.0. The van der Waals surface area contributed by atoms with Crippen molar-refractivity contribution in [2.24, 2.45) is 17.6 Å². The van der Waals surface area contributed by atoms with E-state index in [1.54, 1.807) is 39.8 Å². The van der Waals surface area contributed by atoms with Crippen molar-refractivity contribution in [2.75, 3.05) is 33.5 Å². The molecule has 1 aromatic rings. The largest absolute Gasteiger partial charge is 0.508 e. The second-order valence-electron chi connectivity index (χ2n) is 11.9. The maximum absolute atomic E-state index is 14.0. The minimum absolute atomic E-state index is 0.0587. The van der Waals surface area contributed by atoms with Crippen molar-refractivity contribution in [1.82, 2.24) is 9.80 Å². The number of hydrogen-bond donors (Lipinski definition) is 7. The molecule has 3 aliphatic carbocycles. The highest BCUT2D eigenvalue weighted by Crippen LogP contribution is 2.56. The number of hydrogen-bond acceptors (Lipinski definition) is 11. The van der Waals surface area contributed by atoms with E-state index >= 15 is 0 Å². The van der Waals surface area contributed by atoms with Crippen molar-refractivity contribution >= 4 is 34.8 Å². The number of benzene rings is 1. The van der Waals surface area contributed by atoms with Gasteiger partial charge in [0, 0.05) is 11.5 Å². The smallest absolute Gasteiger partial charge is 0.255 e. The van der Waals surface area contributed by atoms with Gasteiger partial charge in [-0.2, -0.15) is 0 Å². The fourth-order valence-corrected chi connectivity index (χ4v) is 6.20. The summed E-state index contributed by atoms with van der Waals surface area (Å²) < 4.78 is 0. The van der Waals surface area contributed by atoms with Crippen LogP contribution in [-0.4, -0.2) is 110 Å². The standard InChI is InChI=1S/C28H36N4O9/c1-10-11-8-9-12(30-26(40)27(2,3)32(6)7)19(33)14(11)20(34)15-13(10)21(35)17-18(31(4)5)22(36)16(25(29)39)24(38)28(17,41)23(15)37/h8-10,13,17-18,21,33-35,38,41H,1-7H3,(H2,29,39)(H,30,40)/t10?,13?,17?,18-,21?,28-/m0/s1. The summed E-state index contributed by atoms with van der Waals surface area (Å²) in [5.74, 6) is -10.3. The van der Waals surface area contributed by atoms with Crippen LogP contribution in [0.25, 0.3) is 5.76 Å². The van der Waals surface area contributed by atoms with E-state index in [1.807, 2.05) is 0 Å². The SMILES string of the molecule is CC1c2ccc(NC(=O)C(C)(C)N(C)C)c(O)c2C(O)=C2C(=O)[C@]3(O)C(O)=C(C(N)=O)C(=O)[C@@H](N(C)C)C3C(O)C21. The first-order chi connectivity index (χ1) is 18.8. The van der Waals surface area contributed by atoms with Gasteiger partial charge in [-0.05, 0) is 59.6 Å². The number of nitrogens with one attached hydrogen (secondary N) is 1. The van der Waals surface area contributed by atoms with Crippen LogP contribution in [0.1, 0.15) is 37.8 Å². The molecule has 0 aromatic heterocycles. The van der Waals surface area contributed by atoms with Gasteiger partial charge in [0.25, 0.3) is 5.91 Å². The number of aromatic hydroxyl groups is 1. The van der Waals surface area contributed by atoms with Gasteiger partial charge in [0.1, 0.15) is 22.8 Å². The summed E-state index contributed by atoms with van der Waals surface area (Å²) >= 11 is 0. The zero-order valence-electron chi connectivity index (χ0n) is 23.9. The van der Waals surface area contributed by atoms with E-state index in [0.717, 1.165) is 0 Å². The molecule has 6 atom stereocenters. The van der Waals surface area contributed by atoms with Crippen LogP contribution in [0.3, 0.4) is 0 Å². The van der Waals surface area contributed by atoms with E-state index in [-0.39, 0.29) is 11.3 Å². The molecule has 13 heteroatoms. The Labute approximate surface area is 236 Å². The topological polar surface area (TPSA) is 214 Å². The first-order valence-corrected chi connectivity index (χ1v) is 13.0. The van der Waals surface area contributed by atoms with E-state index in [4.69, 9.17) is 5.73 Å². The summed E-state index contributed by atoms with van der Waals surface area (Å²) in [6.45, 7) is 4.96. The third-order valence-corrected chi connectivity index (χ3v) is 9.05. The molecule has 1 aromatic carbocycles. The number of carbonyl (C=O) groups is 4. The van der Waals surface area contributed by atoms with Crippen LogP contribution < -0.4 is 11.1 Å². The molecule has 13 nitrogen and oxygen atoms in total. The Balaban J connectivity index is 1.95. The number of nitrogens with zero attached hydrogens (tertiary/aromatic N) is 2. The fraction of sp³-hybridized carbons (Fsp3) is 0.500. The van der Waals surface area contributed by atoms with Crippen molar-refractivity contribution in [3.63, 3.8) is 0 Å². The van der Waals surface area contributed by atoms with Gasteiger partial charge in [-0.25, -0.2) is 0 Å². The van der Waals surface area contributed by atoms with E-state index in [2.05, 4.69) is 5.32 Å². The molecule has 2 amide bonds. The van der Waals surface area contributed by atoms with E-state index in [9.17, 15) is 44.7 Å². The van der Waals surface area contributed by atoms with Crippen LogP contribution >= 0.6 is 0 Å². The molecule has 3 aliphatic rings. The average Bonchev–Trinajstić information content (AvgIpc) is 2.86. The molecule has 0 bridgehead atoms. The minimum Gasteiger partial charge on any atom is -0.508 e. The second-order valence-corrected chi connectivity index (χ2v) is 11.9. The lowest BCUT2D eigenvalue weighted by Crippen LogP contribution is -2.70. The van der Waals surface area contributed by atoms with Gasteiger partial charge >= 0.3 is 0 Å². The van der Waals surface area contributed by atoms with E-state index < -0.39 is 92.8 Å². The Morgan fingerprint density at radius 2 is 1.66 bits per heavy atom. The summed E-state index contributed by atoms with van der Waals surface area (Å²) in [5, 5.41) is 59.6. The number of phenols is 1. The van der Waals surface area contributed by atoms with Crippen LogP contribution in [0.4, 0.5) is 5.69 Å². The molecule has 222 valence electrons. The summed E-state index contributed by atoms with van der Waals surface area (Å²) in [4.78, 5) is 55.3. The number of aliphatic hydroxyl groups excluding tert-OH is 3. The van der Waals surface area contributed by atoms with Gasteiger partial charge in [-0.15, -0.1) is 0 Å². The van der Waals surface area contributed by atoms with Gasteiger partial charge in [-0.3, -0.25) is 29.0 Å². The van der Waals surface area contributed by atoms with Gasteiger partial charge in [0.2, 0.25) is 11.7 Å². The van der Waals surface area contributed by atoms with Crippen molar-refractivity contribution in [3.05, 3.63) is 40.2 Å². The Kier molecular flexibility index (Phi) is 7.11. The van der Waals surface area contributed by atoms with E-state index in [1.165, 1.54) is 31.1 Å². The second kappa shape index (κ2) is 9.65. The monoisotopic (exact) mass is 572 g/mol. The van der Waals surface area contributed by atoms with Gasteiger partial charge < -0.3 is 36.6 Å². The highest BCUT2D eigenvalue weighted by atomic mass is 16.4. The summed E-state index contributed by atoms with van der Waals surface area (Å²) in [6, 6.07) is 1.53. The number of likely N-dealkylation sites (N-methyl/N-ethyl adjacent to an activating group) is 2. The number of fused-ring (bicyclic) bond motifs is 3. The highest BCUT2D eigenvalue weighted by molar-refractivity contribution is 6.24. The molecule has 4 unspecified atom stereocenters. The molecular weight excluding hydrogens is 536 g/mol. The van der Waals surface area contributed by atoms with Crippen LogP contribution in [0, 0.1) is 11.8 Å². The normalized spacial score (nSPS) is 29.9. The van der Waals surface area contributed by atoms with Crippen LogP contribution in [0.5, 0.6) is 5.75 Å². The lowest BCUT2D eigenvalue weighted by molar-refractivity contribution is -0.169. The third kappa shape index (κ3) is 3.98. The number of anilines is 1. The molecule has 0 spiro atoms. The summed E-state index contributed by atoms with van der Waals surface area (Å²) in [5.41, 5.74) is -0.0788. The molecule has 0 radical (unpaired) electrons. The van der Waals surface area contributed by atoms with Crippen molar-refractivity contribution in [2.45, 2.75) is 50.0 Å². The number of rotatable bonds is 5. The van der Waals surface area contributed by atoms with Crippen LogP contribution in [-0.2, 0) is 19.2 Å². The summed E-state index contributed by atoms with van der Waals surface area (Å²) in [6.07, 6.45) is -1.69. The molecule has 0 saturated heterocycles. The van der Waals surface area contributed by atoms with Crippen molar-refractivity contribution < 1.29 is 44.7 Å². The maximum Gasteiger partial charge on any atom is 0.255 e. The number of nitrogens with two attached hydrogens (primary N) is 1. The van der Waals surface area contributed by atoms with Crippen molar-refractivity contribution in [3.8, 4) is 5.75 Å². The number of Topliss-reactive ketones (excluding diaryl/α,β-unsaturated/α-hetero) is 2. The third-order valence-electron chi connectivity index (χ3n) is 9.05. The number of ketones is 2. The quantitative estimate of drug-likeness (QED) is 0.181. The van der Waals surface area contributed by atoms with E-state index in [0.29, 0.717) is 5.56 Å². The fourth-order valence-electron chi connectivity index (χ4n) is 6.20. The number of carbonyl (C=O) groups excluding carboxylic acids is 4. The molecule has 0 heterocycles. The van der Waals surface area contributed by atoms with Gasteiger partial charge in [0.15, 0.2) is 11.4 Å². The zero-order chi connectivity index (χ0) is 31.1. The van der Waals surface area contributed by atoms with Crippen LogP contribution in [0.15, 0.2) is 29.0 Å². The first kappa shape index (κ1) is 30.2. The van der Waals surface area contributed by atoms with Crippen LogP contribution in [0.2, 0.25) is 0 Å². The Morgan fingerprint density at radius 3 is 2.17 bits per heavy atom. The molecular formula is C28H36N4O9. The predicted molar refractivity (Wildman–Crippen MR) is 147 cm³/mol.